The van der Waals surface area contributed by atoms with Crippen LogP contribution in [0.25, 0.3) is 0 Å². The maximum absolute atomic E-state index is 13.9. The average Bonchev–Trinajstić information content (AvgIpc) is 2.39. The number of nitro benzene ring substituents is 1. The number of nitrogens with one attached hydrogen (secondary N) is 1. The number of benzene rings is 2. The van der Waals surface area contributed by atoms with Crippen molar-refractivity contribution < 1.29 is 9.31 Å². The van der Waals surface area contributed by atoms with Crippen LogP contribution in [0.1, 0.15) is 5.56 Å². The fraction of sp³-hybridized carbons (Fsp3) is 0.0769. The summed E-state index contributed by atoms with van der Waals surface area (Å²) in [5, 5.41) is 14.1. The molecule has 0 radical (unpaired) electrons. The fourth-order valence-corrected chi connectivity index (χ4v) is 2.59. The molecule has 0 bridgehead atoms. The van der Waals surface area contributed by atoms with E-state index in [0.29, 0.717) is 10.7 Å². The van der Waals surface area contributed by atoms with Gasteiger partial charge in [-0.3, -0.25) is 10.1 Å². The molecule has 2 aromatic carbocycles. The summed E-state index contributed by atoms with van der Waals surface area (Å²) in [5.41, 5.74) is 0.338. The Balaban J connectivity index is 2.19. The standard InChI is InChI=1S/C13H9ClFIN2O2/c14-10-6-9(16)4-5-11(10)17-7-8-2-1-3-12(13(8)15)18(19)20/h1-6,17H,7H2. The molecule has 1 N–H and O–H groups in total. The lowest BCUT2D eigenvalue weighted by atomic mass is 10.2. The molecule has 0 heterocycles. The van der Waals surface area contributed by atoms with Gasteiger partial charge >= 0.3 is 5.69 Å². The number of anilines is 1. The lowest BCUT2D eigenvalue weighted by Crippen LogP contribution is -2.04. The van der Waals surface area contributed by atoms with Crippen molar-refractivity contribution in [2.75, 3.05) is 5.32 Å². The van der Waals surface area contributed by atoms with Gasteiger partial charge in [0.25, 0.3) is 0 Å². The van der Waals surface area contributed by atoms with Crippen LogP contribution in [-0.4, -0.2) is 4.92 Å². The Kier molecular flexibility index (Phi) is 4.77. The zero-order valence-corrected chi connectivity index (χ0v) is 13.0. The van der Waals surface area contributed by atoms with Crippen LogP contribution in [0.3, 0.4) is 0 Å². The normalized spacial score (nSPS) is 10.3. The molecule has 0 fully saturated rings. The molecule has 20 heavy (non-hydrogen) atoms. The first-order chi connectivity index (χ1) is 9.49. The zero-order chi connectivity index (χ0) is 14.7. The van der Waals surface area contributed by atoms with Crippen LogP contribution in [0.4, 0.5) is 15.8 Å². The second kappa shape index (κ2) is 6.36. The summed E-state index contributed by atoms with van der Waals surface area (Å²) in [5.74, 6) is -0.827. The van der Waals surface area contributed by atoms with E-state index in [-0.39, 0.29) is 12.1 Å². The van der Waals surface area contributed by atoms with E-state index in [1.807, 2.05) is 6.07 Å². The highest BCUT2D eigenvalue weighted by atomic mass is 127. The van der Waals surface area contributed by atoms with E-state index < -0.39 is 16.4 Å². The minimum atomic E-state index is -0.827. The van der Waals surface area contributed by atoms with Crippen LogP contribution in [0.5, 0.6) is 0 Å². The molecular formula is C13H9ClFIN2O2. The first-order valence-electron chi connectivity index (χ1n) is 5.59. The van der Waals surface area contributed by atoms with Gasteiger partial charge in [0, 0.05) is 21.7 Å². The van der Waals surface area contributed by atoms with Crippen molar-refractivity contribution in [3.8, 4) is 0 Å². The van der Waals surface area contributed by atoms with E-state index >= 15 is 0 Å². The van der Waals surface area contributed by atoms with E-state index in [2.05, 4.69) is 27.9 Å². The van der Waals surface area contributed by atoms with Crippen LogP contribution in [0, 0.1) is 19.5 Å². The van der Waals surface area contributed by atoms with Gasteiger partial charge in [-0.2, -0.15) is 4.39 Å². The molecule has 0 atom stereocenters. The molecule has 104 valence electrons. The summed E-state index contributed by atoms with van der Waals surface area (Å²) in [6.45, 7) is 0.119. The van der Waals surface area contributed by atoms with Crippen molar-refractivity contribution in [2.45, 2.75) is 6.54 Å². The molecular weight excluding hydrogens is 398 g/mol. The Bertz CT molecular complexity index is 667. The lowest BCUT2D eigenvalue weighted by molar-refractivity contribution is -0.387. The predicted octanol–water partition coefficient (Wildman–Crippen LogP) is 4.60. The van der Waals surface area contributed by atoms with Crippen molar-refractivity contribution in [2.24, 2.45) is 0 Å². The molecule has 2 rings (SSSR count). The van der Waals surface area contributed by atoms with Crippen molar-refractivity contribution in [3.63, 3.8) is 0 Å². The topological polar surface area (TPSA) is 55.2 Å². The molecule has 0 saturated heterocycles. The molecule has 0 aliphatic carbocycles. The first-order valence-corrected chi connectivity index (χ1v) is 7.05. The van der Waals surface area contributed by atoms with E-state index in [1.165, 1.54) is 12.1 Å². The van der Waals surface area contributed by atoms with Crippen molar-refractivity contribution in [1.29, 1.82) is 0 Å². The average molecular weight is 407 g/mol. The number of hydrogen-bond acceptors (Lipinski definition) is 3. The van der Waals surface area contributed by atoms with E-state index in [1.54, 1.807) is 12.1 Å². The highest BCUT2D eigenvalue weighted by Gasteiger charge is 2.16. The molecule has 0 amide bonds. The monoisotopic (exact) mass is 406 g/mol. The summed E-state index contributed by atoms with van der Waals surface area (Å²) >= 11 is 8.18. The van der Waals surface area contributed by atoms with Gasteiger partial charge in [0.05, 0.1) is 15.6 Å². The van der Waals surface area contributed by atoms with Gasteiger partial charge in [-0.05, 0) is 40.8 Å². The lowest BCUT2D eigenvalue weighted by Gasteiger charge is -2.09. The first kappa shape index (κ1) is 15.0. The summed E-state index contributed by atoms with van der Waals surface area (Å²) < 4.78 is 14.9. The van der Waals surface area contributed by atoms with E-state index in [4.69, 9.17) is 11.6 Å². The SMILES string of the molecule is O=[N+]([O-])c1cccc(CNc2ccc(I)cc2Cl)c1F. The predicted molar refractivity (Wildman–Crippen MR) is 84.6 cm³/mol. The van der Waals surface area contributed by atoms with Gasteiger partial charge < -0.3 is 5.32 Å². The molecule has 2 aromatic rings. The third-order valence-corrected chi connectivity index (χ3v) is 3.64. The zero-order valence-electron chi connectivity index (χ0n) is 10.1. The Hall–Kier alpha value is -1.41. The van der Waals surface area contributed by atoms with Gasteiger partial charge in [-0.25, -0.2) is 0 Å². The highest BCUT2D eigenvalue weighted by molar-refractivity contribution is 14.1. The third kappa shape index (κ3) is 3.37. The molecule has 4 nitrogen and oxygen atoms in total. The van der Waals surface area contributed by atoms with Crippen LogP contribution in [0.15, 0.2) is 36.4 Å². The van der Waals surface area contributed by atoms with Crippen molar-refractivity contribution in [3.05, 3.63) is 66.5 Å². The molecule has 0 aliphatic rings. The summed E-state index contributed by atoms with van der Waals surface area (Å²) in [6.07, 6.45) is 0. The largest absolute Gasteiger partial charge is 0.380 e. The number of nitrogens with zero attached hydrogens (tertiary/aromatic N) is 1. The summed E-state index contributed by atoms with van der Waals surface area (Å²) in [4.78, 5) is 9.92. The van der Waals surface area contributed by atoms with Gasteiger partial charge in [-0.1, -0.05) is 23.7 Å². The number of halogens is 3. The van der Waals surface area contributed by atoms with Crippen molar-refractivity contribution >= 4 is 45.6 Å². The van der Waals surface area contributed by atoms with E-state index in [0.717, 1.165) is 9.64 Å². The van der Waals surface area contributed by atoms with Gasteiger partial charge in [0.15, 0.2) is 0 Å². The molecule has 0 aromatic heterocycles. The molecule has 0 unspecified atom stereocenters. The molecule has 0 aliphatic heterocycles. The second-order valence-corrected chi connectivity index (χ2v) is 5.64. The highest BCUT2D eigenvalue weighted by Crippen LogP contribution is 2.26. The second-order valence-electron chi connectivity index (χ2n) is 3.99. The maximum Gasteiger partial charge on any atom is 0.305 e. The van der Waals surface area contributed by atoms with Gasteiger partial charge in [0.1, 0.15) is 0 Å². The van der Waals surface area contributed by atoms with Gasteiger partial charge in [0.2, 0.25) is 5.82 Å². The van der Waals surface area contributed by atoms with E-state index in [9.17, 15) is 14.5 Å². The molecule has 0 spiro atoms. The number of nitro groups is 1. The quantitative estimate of drug-likeness (QED) is 0.458. The number of hydrogen-bond donors (Lipinski definition) is 1. The fourth-order valence-electron chi connectivity index (χ4n) is 1.67. The number of rotatable bonds is 4. The summed E-state index contributed by atoms with van der Waals surface area (Å²) in [7, 11) is 0. The van der Waals surface area contributed by atoms with Crippen LogP contribution in [-0.2, 0) is 6.54 Å². The Morgan fingerprint density at radius 3 is 2.75 bits per heavy atom. The molecule has 7 heteroatoms. The van der Waals surface area contributed by atoms with Gasteiger partial charge in [-0.15, -0.1) is 0 Å². The third-order valence-electron chi connectivity index (χ3n) is 2.66. The smallest absolute Gasteiger partial charge is 0.305 e. The Morgan fingerprint density at radius 2 is 2.10 bits per heavy atom. The van der Waals surface area contributed by atoms with Crippen LogP contribution < -0.4 is 5.32 Å². The van der Waals surface area contributed by atoms with Crippen LogP contribution in [0.2, 0.25) is 5.02 Å². The van der Waals surface area contributed by atoms with Crippen LogP contribution >= 0.6 is 34.2 Å². The summed E-state index contributed by atoms with van der Waals surface area (Å²) in [6, 6.07) is 9.49. The van der Waals surface area contributed by atoms with Crippen molar-refractivity contribution in [1.82, 2.24) is 0 Å². The maximum atomic E-state index is 13.9. The Labute approximate surface area is 133 Å². The Morgan fingerprint density at radius 1 is 1.35 bits per heavy atom. The minimum absolute atomic E-state index is 0.119. The molecule has 0 saturated carbocycles. The minimum Gasteiger partial charge on any atom is -0.380 e.